The molecule has 0 radical (unpaired) electrons. The topological polar surface area (TPSA) is 34.9 Å². The zero-order valence-corrected chi connectivity index (χ0v) is 8.38. The van der Waals surface area contributed by atoms with Gasteiger partial charge in [-0.25, -0.2) is 0 Å². The van der Waals surface area contributed by atoms with Crippen LogP contribution in [-0.2, 0) is 11.2 Å². The van der Waals surface area contributed by atoms with Gasteiger partial charge >= 0.3 is 6.18 Å². The molecule has 3 nitrogen and oxygen atoms in total. The highest BCUT2D eigenvalue weighted by molar-refractivity contribution is 5.85. The lowest BCUT2D eigenvalue weighted by Crippen LogP contribution is -2.24. The molecule has 0 N–H and O–H groups in total. The van der Waals surface area contributed by atoms with E-state index < -0.39 is 18.4 Å². The number of carbonyl (C=O) groups excluding carboxylic acids is 1. The molecular formula is C9H11F3N2O. The second-order valence-corrected chi connectivity index (χ2v) is 3.48. The van der Waals surface area contributed by atoms with Gasteiger partial charge in [0.15, 0.2) is 0 Å². The maximum atomic E-state index is 11.9. The van der Waals surface area contributed by atoms with Crippen LogP contribution in [0.1, 0.15) is 25.6 Å². The summed E-state index contributed by atoms with van der Waals surface area (Å²) in [6, 6.07) is 1.49. The second-order valence-electron chi connectivity index (χ2n) is 3.48. The van der Waals surface area contributed by atoms with Crippen molar-refractivity contribution < 1.29 is 18.0 Å². The van der Waals surface area contributed by atoms with E-state index in [1.54, 1.807) is 6.20 Å². The number of nitrogens with zero attached hydrogens (tertiary/aromatic N) is 2. The summed E-state index contributed by atoms with van der Waals surface area (Å²) in [5, 5.41) is 3.86. The van der Waals surface area contributed by atoms with Gasteiger partial charge in [0.25, 0.3) is 0 Å². The van der Waals surface area contributed by atoms with Crippen molar-refractivity contribution in [3.8, 4) is 0 Å². The van der Waals surface area contributed by atoms with Crippen LogP contribution in [0.25, 0.3) is 0 Å². The Bertz CT molecular complexity index is 354. The van der Waals surface area contributed by atoms with Gasteiger partial charge in [0, 0.05) is 12.2 Å². The number of Topliss-reactive ketones (excluding diaryl/α,β-unsaturated/α-hetero) is 1. The summed E-state index contributed by atoms with van der Waals surface area (Å²) in [6.07, 6.45) is -3.91. The molecule has 15 heavy (non-hydrogen) atoms. The van der Waals surface area contributed by atoms with E-state index in [-0.39, 0.29) is 11.7 Å². The van der Waals surface area contributed by atoms with Gasteiger partial charge in [-0.2, -0.15) is 18.3 Å². The van der Waals surface area contributed by atoms with Gasteiger partial charge in [0.2, 0.25) is 5.78 Å². The minimum Gasteiger partial charge on any atom is -0.289 e. The average molecular weight is 220 g/mol. The summed E-state index contributed by atoms with van der Waals surface area (Å²) < 4.78 is 37.3. The number of hydrogen-bond donors (Lipinski definition) is 0. The Labute approximate surface area is 84.9 Å². The molecule has 0 aliphatic heterocycles. The summed E-state index contributed by atoms with van der Waals surface area (Å²) in [5.41, 5.74) is 0.144. The summed E-state index contributed by atoms with van der Waals surface area (Å²) in [4.78, 5) is 10.6. The van der Waals surface area contributed by atoms with Gasteiger partial charge in [-0.15, -0.1) is 0 Å². The molecule has 84 valence electrons. The van der Waals surface area contributed by atoms with Crippen LogP contribution in [0.3, 0.4) is 0 Å². The van der Waals surface area contributed by atoms with E-state index in [0.29, 0.717) is 0 Å². The second kappa shape index (κ2) is 4.04. The fourth-order valence-electron chi connectivity index (χ4n) is 1.02. The number of rotatable bonds is 3. The molecule has 1 heterocycles. The van der Waals surface area contributed by atoms with Crippen molar-refractivity contribution in [2.45, 2.75) is 32.5 Å². The van der Waals surface area contributed by atoms with Crippen molar-refractivity contribution in [1.29, 1.82) is 0 Å². The summed E-state index contributed by atoms with van der Waals surface area (Å²) >= 11 is 0. The van der Waals surface area contributed by atoms with E-state index >= 15 is 0 Å². The number of aromatic nitrogens is 2. The third-order valence-corrected chi connectivity index (χ3v) is 1.85. The Hall–Kier alpha value is -1.33. The minimum atomic E-state index is -4.78. The average Bonchev–Trinajstić information content (AvgIpc) is 2.50. The van der Waals surface area contributed by atoms with Crippen LogP contribution in [0.5, 0.6) is 0 Å². The van der Waals surface area contributed by atoms with Crippen molar-refractivity contribution in [1.82, 2.24) is 9.78 Å². The summed E-state index contributed by atoms with van der Waals surface area (Å²) in [7, 11) is 0. The third kappa shape index (κ3) is 3.07. The molecule has 6 heteroatoms. The number of ketones is 1. The SMILES string of the molecule is CC(C)n1ccc(CC(=O)C(F)(F)F)n1. The van der Waals surface area contributed by atoms with E-state index in [0.717, 1.165) is 0 Å². The summed E-state index contributed by atoms with van der Waals surface area (Å²) in [6.45, 7) is 3.70. The van der Waals surface area contributed by atoms with Gasteiger partial charge < -0.3 is 0 Å². The first-order valence-corrected chi connectivity index (χ1v) is 4.44. The molecule has 0 amide bonds. The number of carbonyl (C=O) groups is 1. The van der Waals surface area contributed by atoms with Crippen LogP contribution in [0.2, 0.25) is 0 Å². The first-order valence-electron chi connectivity index (χ1n) is 4.44. The number of hydrogen-bond acceptors (Lipinski definition) is 2. The normalized spacial score (nSPS) is 12.1. The molecule has 1 aromatic rings. The van der Waals surface area contributed by atoms with E-state index in [2.05, 4.69) is 5.10 Å². The first-order chi connectivity index (χ1) is 6.80. The lowest BCUT2D eigenvalue weighted by molar-refractivity contribution is -0.170. The van der Waals surface area contributed by atoms with Crippen LogP contribution >= 0.6 is 0 Å². The Balaban J connectivity index is 2.70. The van der Waals surface area contributed by atoms with Crippen LogP contribution in [0.4, 0.5) is 13.2 Å². The predicted molar refractivity (Wildman–Crippen MR) is 47.4 cm³/mol. The van der Waals surface area contributed by atoms with Crippen LogP contribution in [-0.4, -0.2) is 21.7 Å². The third-order valence-electron chi connectivity index (χ3n) is 1.85. The maximum Gasteiger partial charge on any atom is 0.450 e. The Morgan fingerprint density at radius 2 is 2.13 bits per heavy atom. The first kappa shape index (κ1) is 11.7. The Morgan fingerprint density at radius 1 is 1.53 bits per heavy atom. The molecule has 0 aliphatic rings. The minimum absolute atomic E-state index is 0.0692. The van der Waals surface area contributed by atoms with Gasteiger partial charge in [0.1, 0.15) is 0 Å². The molecular weight excluding hydrogens is 209 g/mol. The smallest absolute Gasteiger partial charge is 0.289 e. The Kier molecular flexibility index (Phi) is 3.16. The molecule has 1 aromatic heterocycles. The molecule has 0 aliphatic carbocycles. The van der Waals surface area contributed by atoms with Gasteiger partial charge in [-0.3, -0.25) is 9.48 Å². The number of halogens is 3. The zero-order valence-electron chi connectivity index (χ0n) is 8.38. The molecule has 0 fully saturated rings. The lowest BCUT2D eigenvalue weighted by Gasteiger charge is -2.04. The van der Waals surface area contributed by atoms with Crippen LogP contribution in [0.15, 0.2) is 12.3 Å². The Morgan fingerprint density at radius 3 is 2.53 bits per heavy atom. The van der Waals surface area contributed by atoms with Crippen molar-refractivity contribution in [3.05, 3.63) is 18.0 Å². The largest absolute Gasteiger partial charge is 0.450 e. The summed E-state index contributed by atoms with van der Waals surface area (Å²) in [5.74, 6) is -1.77. The molecule has 0 aromatic carbocycles. The molecule has 0 spiro atoms. The lowest BCUT2D eigenvalue weighted by atomic mass is 10.2. The van der Waals surface area contributed by atoms with Crippen molar-refractivity contribution in [2.24, 2.45) is 0 Å². The molecule has 0 bridgehead atoms. The number of alkyl halides is 3. The van der Waals surface area contributed by atoms with Crippen molar-refractivity contribution in [3.63, 3.8) is 0 Å². The van der Waals surface area contributed by atoms with Crippen LogP contribution in [0, 0.1) is 0 Å². The van der Waals surface area contributed by atoms with E-state index in [4.69, 9.17) is 0 Å². The molecule has 0 saturated carbocycles. The highest BCUT2D eigenvalue weighted by Gasteiger charge is 2.38. The highest BCUT2D eigenvalue weighted by Crippen LogP contribution is 2.18. The monoisotopic (exact) mass is 220 g/mol. The molecule has 0 saturated heterocycles. The van der Waals surface area contributed by atoms with E-state index in [1.165, 1.54) is 10.7 Å². The highest BCUT2D eigenvalue weighted by atomic mass is 19.4. The fourth-order valence-corrected chi connectivity index (χ4v) is 1.02. The van der Waals surface area contributed by atoms with Gasteiger partial charge in [-0.05, 0) is 19.9 Å². The quantitative estimate of drug-likeness (QED) is 0.782. The maximum absolute atomic E-state index is 11.9. The van der Waals surface area contributed by atoms with E-state index in [9.17, 15) is 18.0 Å². The molecule has 1 rings (SSSR count). The van der Waals surface area contributed by atoms with Gasteiger partial charge in [-0.1, -0.05) is 0 Å². The fraction of sp³-hybridized carbons (Fsp3) is 0.556. The van der Waals surface area contributed by atoms with E-state index in [1.807, 2.05) is 13.8 Å². The molecule has 0 atom stereocenters. The van der Waals surface area contributed by atoms with Crippen molar-refractivity contribution in [2.75, 3.05) is 0 Å². The van der Waals surface area contributed by atoms with Crippen LogP contribution < -0.4 is 0 Å². The predicted octanol–water partition coefficient (Wildman–Crippen LogP) is 2.14. The van der Waals surface area contributed by atoms with Gasteiger partial charge in [0.05, 0.1) is 12.1 Å². The standard InChI is InChI=1S/C9H11F3N2O/c1-6(2)14-4-3-7(13-14)5-8(15)9(10,11)12/h3-4,6H,5H2,1-2H3. The zero-order chi connectivity index (χ0) is 11.6. The van der Waals surface area contributed by atoms with Crippen molar-refractivity contribution >= 4 is 5.78 Å². The molecule has 0 unspecified atom stereocenters.